The Morgan fingerprint density at radius 2 is 1.88 bits per heavy atom. The lowest BCUT2D eigenvalue weighted by Gasteiger charge is -2.14. The summed E-state index contributed by atoms with van der Waals surface area (Å²) in [5.41, 5.74) is 2.23. The van der Waals surface area contributed by atoms with E-state index in [-0.39, 0.29) is 0 Å². The lowest BCUT2D eigenvalue weighted by Crippen LogP contribution is -2.26. The van der Waals surface area contributed by atoms with Gasteiger partial charge in [-0.1, -0.05) is 30.3 Å². The second-order valence-electron chi connectivity index (χ2n) is 5.90. The Kier molecular flexibility index (Phi) is 3.19. The molecule has 2 aliphatic carbocycles. The smallest absolute Gasteiger partial charge is 0.00105 e. The monoisotopic (exact) mass is 229 g/mol. The van der Waals surface area contributed by atoms with Crippen molar-refractivity contribution in [3.8, 4) is 0 Å². The fourth-order valence-electron chi connectivity index (χ4n) is 2.99. The van der Waals surface area contributed by atoms with Crippen molar-refractivity contribution >= 4 is 0 Å². The second kappa shape index (κ2) is 4.81. The molecule has 0 unspecified atom stereocenters. The number of nitrogens with one attached hydrogen (secondary N) is 1. The molecule has 1 aromatic carbocycles. The summed E-state index contributed by atoms with van der Waals surface area (Å²) in [6.07, 6.45) is 8.47. The molecular weight excluding hydrogens is 206 g/mol. The third kappa shape index (κ3) is 2.90. The first-order valence-electron chi connectivity index (χ1n) is 7.14. The van der Waals surface area contributed by atoms with Gasteiger partial charge >= 0.3 is 0 Å². The molecule has 2 fully saturated rings. The van der Waals surface area contributed by atoms with Gasteiger partial charge in [0.15, 0.2) is 0 Å². The molecule has 3 rings (SSSR count). The van der Waals surface area contributed by atoms with E-state index in [1.165, 1.54) is 57.2 Å². The molecule has 0 aromatic heterocycles. The van der Waals surface area contributed by atoms with Crippen molar-refractivity contribution in [1.29, 1.82) is 0 Å². The molecule has 0 bridgehead atoms. The molecule has 0 spiro atoms. The molecule has 0 radical (unpaired) electrons. The van der Waals surface area contributed by atoms with E-state index < -0.39 is 0 Å². The fourth-order valence-corrected chi connectivity index (χ4v) is 2.99. The molecule has 1 aromatic rings. The fraction of sp³-hybridized carbons (Fsp3) is 0.625. The van der Waals surface area contributed by atoms with E-state index in [0.717, 1.165) is 11.3 Å². The van der Waals surface area contributed by atoms with Gasteiger partial charge in [-0.3, -0.25) is 0 Å². The van der Waals surface area contributed by atoms with Crippen LogP contribution in [0.3, 0.4) is 0 Å². The summed E-state index contributed by atoms with van der Waals surface area (Å²) >= 11 is 0. The van der Waals surface area contributed by atoms with Crippen LogP contribution >= 0.6 is 0 Å². The molecule has 0 amide bonds. The van der Waals surface area contributed by atoms with Gasteiger partial charge in [0.05, 0.1) is 0 Å². The number of hydrogen-bond acceptors (Lipinski definition) is 1. The zero-order valence-corrected chi connectivity index (χ0v) is 10.6. The maximum atomic E-state index is 3.68. The van der Waals surface area contributed by atoms with Gasteiger partial charge < -0.3 is 5.32 Å². The summed E-state index contributed by atoms with van der Waals surface area (Å²) in [6, 6.07) is 10.8. The van der Waals surface area contributed by atoms with Crippen LogP contribution in [0.15, 0.2) is 30.3 Å². The van der Waals surface area contributed by atoms with Crippen molar-refractivity contribution in [2.24, 2.45) is 11.3 Å². The topological polar surface area (TPSA) is 12.0 Å². The second-order valence-corrected chi connectivity index (χ2v) is 5.90. The molecule has 0 heterocycles. The summed E-state index contributed by atoms with van der Waals surface area (Å²) in [6.45, 7) is 2.47. The Labute approximate surface area is 105 Å². The first kappa shape index (κ1) is 11.3. The molecule has 92 valence electrons. The van der Waals surface area contributed by atoms with Gasteiger partial charge in [-0.25, -0.2) is 0 Å². The highest BCUT2D eigenvalue weighted by Crippen LogP contribution is 2.60. The summed E-state index contributed by atoms with van der Waals surface area (Å²) in [7, 11) is 0. The average Bonchev–Trinajstić information content (AvgIpc) is 3.23. The predicted molar refractivity (Wildman–Crippen MR) is 72.0 cm³/mol. The van der Waals surface area contributed by atoms with Crippen molar-refractivity contribution in [3.05, 3.63) is 35.9 Å². The van der Waals surface area contributed by atoms with Crippen molar-refractivity contribution < 1.29 is 0 Å². The van der Waals surface area contributed by atoms with E-state index in [9.17, 15) is 0 Å². The van der Waals surface area contributed by atoms with Crippen LogP contribution in [-0.4, -0.2) is 13.1 Å². The summed E-state index contributed by atoms with van der Waals surface area (Å²) in [5, 5.41) is 3.68. The van der Waals surface area contributed by atoms with Crippen LogP contribution < -0.4 is 5.32 Å². The average molecular weight is 229 g/mol. The molecule has 0 atom stereocenters. The van der Waals surface area contributed by atoms with Crippen molar-refractivity contribution in [3.63, 3.8) is 0 Å². The van der Waals surface area contributed by atoms with Crippen molar-refractivity contribution in [2.45, 2.75) is 38.5 Å². The molecule has 1 nitrogen and oxygen atoms in total. The Morgan fingerprint density at radius 1 is 1.12 bits per heavy atom. The van der Waals surface area contributed by atoms with E-state index in [1.54, 1.807) is 0 Å². The minimum atomic E-state index is 0.757. The maximum Gasteiger partial charge on any atom is 0.00105 e. The molecule has 0 aliphatic heterocycles. The molecule has 0 saturated heterocycles. The summed E-state index contributed by atoms with van der Waals surface area (Å²) in [5.74, 6) is 1.09. The van der Waals surface area contributed by atoms with Crippen LogP contribution in [0.1, 0.15) is 37.7 Å². The van der Waals surface area contributed by atoms with E-state index >= 15 is 0 Å². The van der Waals surface area contributed by atoms with Gasteiger partial charge in [0, 0.05) is 6.54 Å². The normalized spacial score (nSPS) is 21.4. The molecule has 1 heteroatoms. The molecule has 1 N–H and O–H groups in total. The number of rotatable bonds is 7. The SMILES string of the molecule is c1ccc(CCCNCC2(C3CC3)CC2)cc1. The molecule has 2 aliphatic rings. The third-order valence-electron chi connectivity index (χ3n) is 4.47. The van der Waals surface area contributed by atoms with Crippen LogP contribution in [0.5, 0.6) is 0 Å². The quantitative estimate of drug-likeness (QED) is 0.707. The largest absolute Gasteiger partial charge is 0.316 e. The van der Waals surface area contributed by atoms with Crippen LogP contribution in [0.2, 0.25) is 0 Å². The van der Waals surface area contributed by atoms with Crippen molar-refractivity contribution in [2.75, 3.05) is 13.1 Å². The third-order valence-corrected chi connectivity index (χ3v) is 4.47. The number of hydrogen-bond donors (Lipinski definition) is 1. The zero-order chi connectivity index (χ0) is 11.6. The van der Waals surface area contributed by atoms with Crippen LogP contribution in [0.4, 0.5) is 0 Å². The number of benzene rings is 1. The summed E-state index contributed by atoms with van der Waals surface area (Å²) < 4.78 is 0. The number of aryl methyl sites for hydroxylation is 1. The Balaban J connectivity index is 1.31. The maximum absolute atomic E-state index is 3.68. The van der Waals surface area contributed by atoms with Gasteiger partial charge in [-0.15, -0.1) is 0 Å². The first-order chi connectivity index (χ1) is 8.39. The van der Waals surface area contributed by atoms with Crippen molar-refractivity contribution in [1.82, 2.24) is 5.32 Å². The highest BCUT2D eigenvalue weighted by atomic mass is 14.9. The van der Waals surface area contributed by atoms with E-state index in [0.29, 0.717) is 0 Å². The van der Waals surface area contributed by atoms with Gasteiger partial charge in [-0.2, -0.15) is 0 Å². The Bertz CT molecular complexity index is 349. The standard InChI is InChI=1S/C16H23N/c1-2-5-14(6-3-1)7-4-12-17-13-16(10-11-16)15-8-9-15/h1-3,5-6,15,17H,4,7-13H2. The zero-order valence-electron chi connectivity index (χ0n) is 10.6. The molecular formula is C16H23N. The first-order valence-corrected chi connectivity index (χ1v) is 7.14. The molecule has 17 heavy (non-hydrogen) atoms. The van der Waals surface area contributed by atoms with Crippen LogP contribution in [-0.2, 0) is 6.42 Å². The van der Waals surface area contributed by atoms with E-state index in [4.69, 9.17) is 0 Å². The minimum absolute atomic E-state index is 0.757. The lowest BCUT2D eigenvalue weighted by molar-refractivity contribution is 0.403. The Morgan fingerprint density at radius 3 is 2.53 bits per heavy atom. The highest BCUT2D eigenvalue weighted by molar-refractivity contribution is 5.14. The molecule has 2 saturated carbocycles. The predicted octanol–water partition coefficient (Wildman–Crippen LogP) is 3.40. The highest BCUT2D eigenvalue weighted by Gasteiger charge is 2.52. The van der Waals surface area contributed by atoms with Gasteiger partial charge in [0.2, 0.25) is 0 Å². The van der Waals surface area contributed by atoms with Crippen LogP contribution in [0, 0.1) is 11.3 Å². The van der Waals surface area contributed by atoms with Gasteiger partial charge in [-0.05, 0) is 62.0 Å². The van der Waals surface area contributed by atoms with E-state index in [1.807, 2.05) is 0 Å². The van der Waals surface area contributed by atoms with E-state index in [2.05, 4.69) is 35.6 Å². The van der Waals surface area contributed by atoms with Gasteiger partial charge in [0.1, 0.15) is 0 Å². The Hall–Kier alpha value is -0.820. The lowest BCUT2D eigenvalue weighted by atomic mass is 10.0. The van der Waals surface area contributed by atoms with Crippen LogP contribution in [0.25, 0.3) is 0 Å². The minimum Gasteiger partial charge on any atom is -0.316 e. The summed E-state index contributed by atoms with van der Waals surface area (Å²) in [4.78, 5) is 0. The van der Waals surface area contributed by atoms with Gasteiger partial charge in [0.25, 0.3) is 0 Å².